The largest absolute Gasteiger partial charge is 0.393 e. The Labute approximate surface area is 103 Å². The van der Waals surface area contributed by atoms with Crippen LogP contribution in [-0.2, 0) is 0 Å². The van der Waals surface area contributed by atoms with E-state index >= 15 is 0 Å². The Morgan fingerprint density at radius 1 is 1.06 bits per heavy atom. The quantitative estimate of drug-likeness (QED) is 0.223. The molecule has 0 aromatic rings. The molecule has 1 aliphatic heterocycles. The molecule has 1 saturated heterocycles. The van der Waals surface area contributed by atoms with E-state index in [-0.39, 0.29) is 0 Å². The van der Waals surface area contributed by atoms with Gasteiger partial charge >= 0.3 is 0 Å². The third-order valence-corrected chi connectivity index (χ3v) is 3.92. The molecule has 2 aliphatic rings. The van der Waals surface area contributed by atoms with Crippen molar-refractivity contribution in [1.29, 1.82) is 0 Å². The smallest absolute Gasteiger partial charge is 0.141 e. The van der Waals surface area contributed by atoms with E-state index in [0.29, 0.717) is 0 Å². The molecule has 106 valence electrons. The third-order valence-electron chi connectivity index (χ3n) is 3.92. The molecule has 2 rings (SSSR count). The number of aliphatic hydroxyl groups is 5. The van der Waals surface area contributed by atoms with Crippen LogP contribution < -0.4 is 22.1 Å². The van der Waals surface area contributed by atoms with Gasteiger partial charge in [-0.3, -0.25) is 10.6 Å². The van der Waals surface area contributed by atoms with Gasteiger partial charge in [0.15, 0.2) is 0 Å². The number of nitrogens with one attached hydrogen (secondary N) is 2. The van der Waals surface area contributed by atoms with Crippen LogP contribution in [-0.4, -0.2) is 74.5 Å². The third kappa shape index (κ3) is 1.84. The molecular weight excluding hydrogens is 244 g/mol. The Kier molecular flexibility index (Phi) is 3.62. The molecule has 0 amide bonds. The zero-order chi connectivity index (χ0) is 13.7. The minimum absolute atomic E-state index is 0.687. The lowest BCUT2D eigenvalue weighted by atomic mass is 9.67. The van der Waals surface area contributed by atoms with Crippen LogP contribution >= 0.6 is 0 Å². The molecule has 1 heterocycles. The average Bonchev–Trinajstić information content (AvgIpc) is 2.32. The topological polar surface area (TPSA) is 177 Å². The zero-order valence-electron chi connectivity index (χ0n) is 9.64. The van der Waals surface area contributed by atoms with Crippen molar-refractivity contribution in [2.24, 2.45) is 17.4 Å². The van der Waals surface area contributed by atoms with E-state index < -0.39 is 54.9 Å². The Balaban J connectivity index is 2.33. The van der Waals surface area contributed by atoms with Crippen molar-refractivity contribution < 1.29 is 25.5 Å². The molecule has 2 fully saturated rings. The fraction of sp³-hybridized carbons (Fsp3) is 1.00. The van der Waals surface area contributed by atoms with Crippen LogP contribution in [0.2, 0.25) is 0 Å². The molecule has 1 saturated carbocycles. The van der Waals surface area contributed by atoms with Gasteiger partial charge in [0.2, 0.25) is 0 Å². The van der Waals surface area contributed by atoms with E-state index in [2.05, 4.69) is 10.6 Å². The van der Waals surface area contributed by atoms with Gasteiger partial charge in [0.05, 0.1) is 12.7 Å². The molecule has 0 bridgehead atoms. The molecule has 9 nitrogen and oxygen atoms in total. The second-order valence-corrected chi connectivity index (χ2v) is 4.98. The van der Waals surface area contributed by atoms with Gasteiger partial charge in [0, 0.05) is 18.0 Å². The zero-order valence-corrected chi connectivity index (χ0v) is 9.64. The van der Waals surface area contributed by atoms with Crippen LogP contribution in [0.3, 0.4) is 0 Å². The molecule has 0 aromatic carbocycles. The second kappa shape index (κ2) is 4.63. The van der Waals surface area contributed by atoms with Crippen molar-refractivity contribution in [1.82, 2.24) is 10.6 Å². The van der Waals surface area contributed by atoms with Crippen molar-refractivity contribution in [3.63, 3.8) is 0 Å². The maximum Gasteiger partial charge on any atom is 0.141 e. The van der Waals surface area contributed by atoms with E-state index in [0.717, 1.165) is 0 Å². The number of nitrogens with two attached hydrogens (primary N) is 2. The van der Waals surface area contributed by atoms with Gasteiger partial charge in [-0.1, -0.05) is 0 Å². The highest BCUT2D eigenvalue weighted by Gasteiger charge is 2.60. The normalized spacial score (nSPS) is 57.2. The minimum Gasteiger partial charge on any atom is -0.393 e. The number of rotatable bonds is 1. The van der Waals surface area contributed by atoms with Crippen LogP contribution in [0.4, 0.5) is 0 Å². The highest BCUT2D eigenvalue weighted by Crippen LogP contribution is 2.35. The van der Waals surface area contributed by atoms with E-state index in [1.165, 1.54) is 0 Å². The molecule has 11 N–H and O–H groups in total. The number of fused-ring (bicyclic) bond motifs is 1. The monoisotopic (exact) mass is 264 g/mol. The SMILES string of the molecule is N[C@@H]1N[C@H]2[C@H](N)[C@H](O)[C@](O)(CO)[C@H](O)[C@@H]2[C@@H](O)N1. The summed E-state index contributed by atoms with van der Waals surface area (Å²) in [6, 6.07) is -1.67. The number of hydrogen-bond donors (Lipinski definition) is 9. The summed E-state index contributed by atoms with van der Waals surface area (Å²) >= 11 is 0. The molecule has 18 heavy (non-hydrogen) atoms. The lowest BCUT2D eigenvalue weighted by molar-refractivity contribution is -0.237. The van der Waals surface area contributed by atoms with Gasteiger partial charge in [-0.25, -0.2) is 0 Å². The van der Waals surface area contributed by atoms with Gasteiger partial charge in [-0.05, 0) is 0 Å². The van der Waals surface area contributed by atoms with Crippen molar-refractivity contribution in [2.45, 2.75) is 42.4 Å². The van der Waals surface area contributed by atoms with E-state index in [1.54, 1.807) is 0 Å². The Bertz CT molecular complexity index is 319. The summed E-state index contributed by atoms with van der Waals surface area (Å²) in [7, 11) is 0. The van der Waals surface area contributed by atoms with Crippen LogP contribution in [0.5, 0.6) is 0 Å². The Morgan fingerprint density at radius 2 is 1.67 bits per heavy atom. The van der Waals surface area contributed by atoms with Gasteiger partial charge in [-0.15, -0.1) is 0 Å². The van der Waals surface area contributed by atoms with Crippen LogP contribution in [0, 0.1) is 5.92 Å². The molecule has 0 unspecified atom stereocenters. The molecule has 9 heteroatoms. The van der Waals surface area contributed by atoms with Crippen LogP contribution in [0.1, 0.15) is 0 Å². The van der Waals surface area contributed by atoms with Gasteiger partial charge in [-0.2, -0.15) is 0 Å². The highest BCUT2D eigenvalue weighted by atomic mass is 16.4. The Hall–Kier alpha value is -0.360. The van der Waals surface area contributed by atoms with E-state index in [9.17, 15) is 20.4 Å². The summed E-state index contributed by atoms with van der Waals surface area (Å²) in [6.45, 7) is -0.870. The van der Waals surface area contributed by atoms with Crippen LogP contribution in [0.15, 0.2) is 0 Å². The van der Waals surface area contributed by atoms with Gasteiger partial charge in [0.1, 0.15) is 24.2 Å². The standard InChI is InChI=1S/C9H20N4O5/c10-3-4-2(7(17)13-8(11)12-4)5(15)9(18,1-14)6(3)16/h2-8,12-18H,1,10-11H2/t2-,3+,4-,5-,6+,7-,8-,9+/m1/s1. The molecule has 0 radical (unpaired) electrons. The fourth-order valence-electron chi connectivity index (χ4n) is 2.82. The van der Waals surface area contributed by atoms with Crippen LogP contribution in [0.25, 0.3) is 0 Å². The highest BCUT2D eigenvalue weighted by molar-refractivity contribution is 5.14. The van der Waals surface area contributed by atoms with Crippen molar-refractivity contribution in [3.05, 3.63) is 0 Å². The molecular formula is C9H20N4O5. The summed E-state index contributed by atoms with van der Waals surface area (Å²) in [4.78, 5) is 0. The van der Waals surface area contributed by atoms with Gasteiger partial charge < -0.3 is 37.0 Å². The average molecular weight is 264 g/mol. The minimum atomic E-state index is -2.17. The molecule has 8 atom stereocenters. The molecule has 0 aromatic heterocycles. The van der Waals surface area contributed by atoms with E-state index in [1.807, 2.05) is 0 Å². The van der Waals surface area contributed by atoms with Crippen molar-refractivity contribution >= 4 is 0 Å². The summed E-state index contributed by atoms with van der Waals surface area (Å²) in [5.41, 5.74) is 9.18. The summed E-state index contributed by atoms with van der Waals surface area (Å²) < 4.78 is 0. The summed E-state index contributed by atoms with van der Waals surface area (Å²) in [5.74, 6) is -0.902. The summed E-state index contributed by atoms with van der Waals surface area (Å²) in [5, 5.41) is 54.4. The first-order valence-corrected chi connectivity index (χ1v) is 5.73. The second-order valence-electron chi connectivity index (χ2n) is 4.98. The number of aliphatic hydroxyl groups excluding tert-OH is 4. The lowest BCUT2D eigenvalue weighted by Gasteiger charge is -2.55. The number of hydrogen-bond acceptors (Lipinski definition) is 9. The Morgan fingerprint density at radius 3 is 2.22 bits per heavy atom. The molecule has 1 aliphatic carbocycles. The van der Waals surface area contributed by atoms with E-state index in [4.69, 9.17) is 16.6 Å². The lowest BCUT2D eigenvalue weighted by Crippen LogP contribution is -2.82. The molecule has 0 spiro atoms. The maximum atomic E-state index is 10.1. The van der Waals surface area contributed by atoms with Crippen molar-refractivity contribution in [3.8, 4) is 0 Å². The van der Waals surface area contributed by atoms with Gasteiger partial charge in [0.25, 0.3) is 0 Å². The maximum absolute atomic E-state index is 10.1. The predicted molar refractivity (Wildman–Crippen MR) is 59.6 cm³/mol. The first-order chi connectivity index (χ1) is 8.32. The fourth-order valence-corrected chi connectivity index (χ4v) is 2.82. The summed E-state index contributed by atoms with van der Waals surface area (Å²) in [6.07, 6.45) is -5.04. The first-order valence-electron chi connectivity index (χ1n) is 5.73. The van der Waals surface area contributed by atoms with Crippen molar-refractivity contribution in [2.75, 3.05) is 6.61 Å². The predicted octanol–water partition coefficient (Wildman–Crippen LogP) is -5.49. The first kappa shape index (κ1) is 14.1.